The predicted octanol–water partition coefficient (Wildman–Crippen LogP) is 1.49. The second-order valence-corrected chi connectivity index (χ2v) is 6.07. The molecule has 0 bridgehead atoms. The van der Waals surface area contributed by atoms with Crippen molar-refractivity contribution in [3.63, 3.8) is 0 Å². The zero-order chi connectivity index (χ0) is 17.2. The average molecular weight is 340 g/mol. The SMILES string of the molecule is COc1cccc(CN2C[C@H](OC)C[C@H]2c2nnc3cnccn23)n1. The monoisotopic (exact) mass is 340 g/mol. The number of hydrogen-bond acceptors (Lipinski definition) is 7. The van der Waals surface area contributed by atoms with Gasteiger partial charge in [-0.25, -0.2) is 4.98 Å². The van der Waals surface area contributed by atoms with Crippen LogP contribution >= 0.6 is 0 Å². The van der Waals surface area contributed by atoms with Gasteiger partial charge in [-0.2, -0.15) is 0 Å². The molecule has 25 heavy (non-hydrogen) atoms. The molecule has 0 radical (unpaired) electrons. The molecule has 0 amide bonds. The maximum atomic E-state index is 5.61. The molecule has 1 saturated heterocycles. The van der Waals surface area contributed by atoms with E-state index < -0.39 is 0 Å². The number of aromatic nitrogens is 5. The Bertz CT molecular complexity index is 867. The molecule has 4 rings (SSSR count). The first-order valence-corrected chi connectivity index (χ1v) is 8.20. The number of ether oxygens (including phenoxy) is 2. The first kappa shape index (κ1) is 15.9. The Balaban J connectivity index is 1.64. The minimum Gasteiger partial charge on any atom is -0.481 e. The number of hydrogen-bond donors (Lipinski definition) is 0. The van der Waals surface area contributed by atoms with Crippen molar-refractivity contribution < 1.29 is 9.47 Å². The Morgan fingerprint density at radius 3 is 3.00 bits per heavy atom. The van der Waals surface area contributed by atoms with Crippen molar-refractivity contribution in [2.45, 2.75) is 25.1 Å². The van der Waals surface area contributed by atoms with Crippen molar-refractivity contribution in [2.75, 3.05) is 20.8 Å². The van der Waals surface area contributed by atoms with Gasteiger partial charge in [-0.3, -0.25) is 14.3 Å². The molecule has 1 fully saturated rings. The lowest BCUT2D eigenvalue weighted by Crippen LogP contribution is -2.26. The smallest absolute Gasteiger partial charge is 0.213 e. The molecule has 1 aliphatic rings. The third-order valence-electron chi connectivity index (χ3n) is 4.59. The van der Waals surface area contributed by atoms with Crippen LogP contribution in [0.3, 0.4) is 0 Å². The van der Waals surface area contributed by atoms with Crippen molar-refractivity contribution >= 4 is 5.65 Å². The van der Waals surface area contributed by atoms with Gasteiger partial charge in [0.25, 0.3) is 0 Å². The Morgan fingerprint density at radius 1 is 1.24 bits per heavy atom. The molecular formula is C17H20N6O2. The summed E-state index contributed by atoms with van der Waals surface area (Å²) in [6.45, 7) is 1.52. The van der Waals surface area contributed by atoms with Crippen molar-refractivity contribution in [1.82, 2.24) is 29.5 Å². The van der Waals surface area contributed by atoms with Crippen LogP contribution in [0.1, 0.15) is 24.0 Å². The number of fused-ring (bicyclic) bond motifs is 1. The van der Waals surface area contributed by atoms with Crippen LogP contribution in [-0.2, 0) is 11.3 Å². The fraction of sp³-hybridized carbons (Fsp3) is 0.412. The standard InChI is InChI=1S/C17H20N6O2/c1-24-13-8-14(17-21-20-15-9-18-6-7-23(15)17)22(11-13)10-12-4-3-5-16(19-12)25-2/h3-7,9,13-14H,8,10-11H2,1-2H3/t13-,14+/m1/s1. The Hall–Kier alpha value is -2.58. The van der Waals surface area contributed by atoms with Crippen LogP contribution in [0.4, 0.5) is 0 Å². The number of likely N-dealkylation sites (tertiary alicyclic amines) is 1. The molecule has 4 heterocycles. The highest BCUT2D eigenvalue weighted by Crippen LogP contribution is 2.33. The van der Waals surface area contributed by atoms with Crippen LogP contribution in [0.2, 0.25) is 0 Å². The van der Waals surface area contributed by atoms with Crippen LogP contribution < -0.4 is 4.74 Å². The third kappa shape index (κ3) is 3.06. The van der Waals surface area contributed by atoms with E-state index in [1.165, 1.54) is 0 Å². The molecular weight excluding hydrogens is 320 g/mol. The lowest BCUT2D eigenvalue weighted by Gasteiger charge is -2.22. The molecule has 1 aliphatic heterocycles. The predicted molar refractivity (Wildman–Crippen MR) is 90.1 cm³/mol. The van der Waals surface area contributed by atoms with E-state index >= 15 is 0 Å². The molecule has 2 atom stereocenters. The van der Waals surface area contributed by atoms with Crippen molar-refractivity contribution in [3.8, 4) is 5.88 Å². The molecule has 0 aliphatic carbocycles. The van der Waals surface area contributed by atoms with Gasteiger partial charge in [0.2, 0.25) is 5.88 Å². The van der Waals surface area contributed by atoms with Gasteiger partial charge in [-0.15, -0.1) is 10.2 Å². The van der Waals surface area contributed by atoms with Crippen LogP contribution in [0.5, 0.6) is 5.88 Å². The Morgan fingerprint density at radius 2 is 2.16 bits per heavy atom. The highest BCUT2D eigenvalue weighted by Gasteiger charge is 2.36. The van der Waals surface area contributed by atoms with Gasteiger partial charge in [0.1, 0.15) is 0 Å². The maximum absolute atomic E-state index is 5.61. The highest BCUT2D eigenvalue weighted by molar-refractivity contribution is 5.34. The summed E-state index contributed by atoms with van der Waals surface area (Å²) in [5, 5.41) is 8.63. The molecule has 0 aromatic carbocycles. The number of pyridine rings is 1. The van der Waals surface area contributed by atoms with Gasteiger partial charge in [0.05, 0.1) is 31.1 Å². The van der Waals surface area contributed by atoms with Gasteiger partial charge in [-0.1, -0.05) is 6.07 Å². The summed E-state index contributed by atoms with van der Waals surface area (Å²) in [5.74, 6) is 1.52. The molecule has 0 spiro atoms. The average Bonchev–Trinajstić information content (AvgIpc) is 3.25. The molecule has 130 valence electrons. The first-order chi connectivity index (χ1) is 12.3. The normalized spacial score (nSPS) is 21.0. The van der Waals surface area contributed by atoms with E-state index in [9.17, 15) is 0 Å². The molecule has 0 saturated carbocycles. The van der Waals surface area contributed by atoms with Gasteiger partial charge >= 0.3 is 0 Å². The molecule has 8 heteroatoms. The molecule has 3 aromatic heterocycles. The summed E-state index contributed by atoms with van der Waals surface area (Å²) in [6.07, 6.45) is 6.38. The number of nitrogens with zero attached hydrogens (tertiary/aromatic N) is 6. The lowest BCUT2D eigenvalue weighted by atomic mass is 10.2. The Kier molecular flexibility index (Phi) is 4.29. The summed E-state index contributed by atoms with van der Waals surface area (Å²) in [4.78, 5) is 11.0. The van der Waals surface area contributed by atoms with Gasteiger partial charge < -0.3 is 9.47 Å². The van der Waals surface area contributed by atoms with Crippen LogP contribution in [0.15, 0.2) is 36.8 Å². The topological polar surface area (TPSA) is 77.7 Å². The van der Waals surface area contributed by atoms with Crippen LogP contribution in [-0.4, -0.2) is 56.3 Å². The molecule has 0 N–H and O–H groups in total. The van der Waals surface area contributed by atoms with Gasteiger partial charge in [-0.05, 0) is 12.5 Å². The fourth-order valence-electron chi connectivity index (χ4n) is 3.34. The van der Waals surface area contributed by atoms with E-state index in [2.05, 4.69) is 25.1 Å². The summed E-state index contributed by atoms with van der Waals surface area (Å²) >= 11 is 0. The molecule has 0 unspecified atom stereocenters. The third-order valence-corrected chi connectivity index (χ3v) is 4.59. The summed E-state index contributed by atoms with van der Waals surface area (Å²) in [5.41, 5.74) is 1.70. The first-order valence-electron chi connectivity index (χ1n) is 8.20. The van der Waals surface area contributed by atoms with Crippen molar-refractivity contribution in [2.24, 2.45) is 0 Å². The minimum atomic E-state index is 0.107. The van der Waals surface area contributed by atoms with Gasteiger partial charge in [0, 0.05) is 38.7 Å². The van der Waals surface area contributed by atoms with Gasteiger partial charge in [0.15, 0.2) is 11.5 Å². The zero-order valence-corrected chi connectivity index (χ0v) is 14.2. The lowest BCUT2D eigenvalue weighted by molar-refractivity contribution is 0.107. The highest BCUT2D eigenvalue weighted by atomic mass is 16.5. The van der Waals surface area contributed by atoms with E-state index in [1.807, 2.05) is 28.8 Å². The molecule has 3 aromatic rings. The summed E-state index contributed by atoms with van der Waals surface area (Å²) in [6, 6.07) is 5.92. The summed E-state index contributed by atoms with van der Waals surface area (Å²) in [7, 11) is 3.38. The maximum Gasteiger partial charge on any atom is 0.213 e. The quantitative estimate of drug-likeness (QED) is 0.696. The zero-order valence-electron chi connectivity index (χ0n) is 14.2. The van der Waals surface area contributed by atoms with E-state index in [4.69, 9.17) is 9.47 Å². The van der Waals surface area contributed by atoms with E-state index in [-0.39, 0.29) is 12.1 Å². The van der Waals surface area contributed by atoms with Crippen LogP contribution in [0.25, 0.3) is 5.65 Å². The second-order valence-electron chi connectivity index (χ2n) is 6.07. The number of methoxy groups -OCH3 is 2. The van der Waals surface area contributed by atoms with Crippen LogP contribution in [0, 0.1) is 0 Å². The molecule has 8 nitrogen and oxygen atoms in total. The Labute approximate surface area is 145 Å². The number of rotatable bonds is 5. The fourth-order valence-corrected chi connectivity index (χ4v) is 3.34. The minimum absolute atomic E-state index is 0.107. The second kappa shape index (κ2) is 6.73. The largest absolute Gasteiger partial charge is 0.481 e. The summed E-state index contributed by atoms with van der Waals surface area (Å²) < 4.78 is 12.8. The van der Waals surface area contributed by atoms with Crippen molar-refractivity contribution in [3.05, 3.63) is 48.3 Å². The van der Waals surface area contributed by atoms with E-state index in [1.54, 1.807) is 26.6 Å². The van der Waals surface area contributed by atoms with E-state index in [0.29, 0.717) is 12.4 Å². The van der Waals surface area contributed by atoms with Crippen molar-refractivity contribution in [1.29, 1.82) is 0 Å². The van der Waals surface area contributed by atoms with E-state index in [0.717, 1.165) is 30.1 Å².